The first-order chi connectivity index (χ1) is 16.2. The number of hydrogen-bond acceptors (Lipinski definition) is 10. The Morgan fingerprint density at radius 1 is 1.15 bits per heavy atom. The topological polar surface area (TPSA) is 143 Å². The highest BCUT2D eigenvalue weighted by Gasteiger charge is 2.19. The molecule has 3 N–H and O–H groups in total. The molecule has 0 aliphatic heterocycles. The smallest absolute Gasteiger partial charge is 0.253 e. The summed E-state index contributed by atoms with van der Waals surface area (Å²) in [5.41, 5.74) is 1.80. The van der Waals surface area contributed by atoms with Crippen LogP contribution in [-0.4, -0.2) is 46.6 Å². The molecule has 4 rings (SSSR count). The van der Waals surface area contributed by atoms with Gasteiger partial charge in [-0.2, -0.15) is 4.98 Å². The van der Waals surface area contributed by atoms with Crippen molar-refractivity contribution in [2.24, 2.45) is 0 Å². The van der Waals surface area contributed by atoms with Crippen LogP contribution in [0.2, 0.25) is 5.02 Å². The molecule has 176 valence electrons. The molecule has 0 aliphatic carbocycles. The lowest BCUT2D eigenvalue weighted by atomic mass is 10.1. The molecule has 0 bridgehead atoms. The van der Waals surface area contributed by atoms with Crippen molar-refractivity contribution < 1.29 is 17.9 Å². The molecule has 0 saturated heterocycles. The fourth-order valence-corrected chi connectivity index (χ4v) is 4.54. The van der Waals surface area contributed by atoms with Crippen molar-refractivity contribution in [3.05, 3.63) is 71.2 Å². The maximum atomic E-state index is 11.8. The third-order valence-corrected chi connectivity index (χ3v) is 6.41. The fourth-order valence-electron chi connectivity index (χ4n) is 3.21. The zero-order valence-electron chi connectivity index (χ0n) is 18.2. The summed E-state index contributed by atoms with van der Waals surface area (Å²) in [5, 5.41) is 24.2. The maximum absolute atomic E-state index is 11.8. The van der Waals surface area contributed by atoms with E-state index in [9.17, 15) is 13.5 Å². The van der Waals surface area contributed by atoms with Gasteiger partial charge >= 0.3 is 0 Å². The Hall–Kier alpha value is -3.54. The van der Waals surface area contributed by atoms with E-state index in [1.54, 1.807) is 13.0 Å². The van der Waals surface area contributed by atoms with Gasteiger partial charge in [0.2, 0.25) is 11.8 Å². The van der Waals surface area contributed by atoms with E-state index in [-0.39, 0.29) is 28.4 Å². The van der Waals surface area contributed by atoms with Crippen LogP contribution in [0.15, 0.2) is 64.0 Å². The lowest BCUT2D eigenvalue weighted by Gasteiger charge is -2.19. The number of nitrogens with zero attached hydrogens (tertiary/aromatic N) is 4. The lowest BCUT2D eigenvalue weighted by Crippen LogP contribution is -2.17. The summed E-state index contributed by atoms with van der Waals surface area (Å²) in [6.07, 6.45) is 2.60. The van der Waals surface area contributed by atoms with Gasteiger partial charge in [-0.05, 0) is 23.8 Å². The van der Waals surface area contributed by atoms with Gasteiger partial charge in [-0.3, -0.25) is 0 Å². The molecule has 0 unspecified atom stereocenters. The second-order valence-electron chi connectivity index (χ2n) is 7.41. The predicted octanol–water partition coefficient (Wildman–Crippen LogP) is 3.78. The maximum Gasteiger partial charge on any atom is 0.253 e. The van der Waals surface area contributed by atoms with Crippen molar-refractivity contribution >= 4 is 38.9 Å². The largest absolute Gasteiger partial charge is 0.421 e. The molecule has 34 heavy (non-hydrogen) atoms. The molecule has 2 aromatic carbocycles. The summed E-state index contributed by atoms with van der Waals surface area (Å²) < 4.78 is 29.2. The number of rotatable bonds is 8. The molecule has 0 aliphatic rings. The molecule has 12 heteroatoms. The minimum absolute atomic E-state index is 0.0266. The van der Waals surface area contributed by atoms with Crippen LogP contribution < -0.4 is 10.6 Å². The first-order valence-corrected chi connectivity index (χ1v) is 12.4. The molecule has 10 nitrogen and oxygen atoms in total. The van der Waals surface area contributed by atoms with Crippen molar-refractivity contribution in [2.75, 3.05) is 23.5 Å². The third-order valence-electron chi connectivity index (χ3n) is 4.83. The van der Waals surface area contributed by atoms with E-state index in [1.165, 1.54) is 18.3 Å². The van der Waals surface area contributed by atoms with E-state index < -0.39 is 15.9 Å². The molecule has 0 amide bonds. The Kier molecular flexibility index (Phi) is 6.77. The molecular formula is C22H21ClN6O4S. The van der Waals surface area contributed by atoms with E-state index in [0.29, 0.717) is 23.0 Å². The molecule has 2 heterocycles. The molecule has 0 saturated carbocycles. The van der Waals surface area contributed by atoms with Gasteiger partial charge in [-0.1, -0.05) is 41.9 Å². The second kappa shape index (κ2) is 9.75. The summed E-state index contributed by atoms with van der Waals surface area (Å²) in [5.74, 6) is 1.15. The van der Waals surface area contributed by atoms with Crippen molar-refractivity contribution in [2.45, 2.75) is 17.9 Å². The third kappa shape index (κ3) is 5.33. The monoisotopic (exact) mass is 500 g/mol. The molecule has 0 fully saturated rings. The molecular weight excluding hydrogens is 480 g/mol. The number of hydrogen-bond donors (Lipinski definition) is 3. The molecule has 0 radical (unpaired) electrons. The van der Waals surface area contributed by atoms with Crippen LogP contribution in [0, 0.1) is 6.92 Å². The van der Waals surface area contributed by atoms with E-state index in [2.05, 4.69) is 30.8 Å². The van der Waals surface area contributed by atoms with Crippen LogP contribution in [0.3, 0.4) is 0 Å². The van der Waals surface area contributed by atoms with Crippen LogP contribution in [0.1, 0.15) is 17.5 Å². The first kappa shape index (κ1) is 23.6. The van der Waals surface area contributed by atoms with Crippen molar-refractivity contribution in [3.63, 3.8) is 0 Å². The van der Waals surface area contributed by atoms with Crippen LogP contribution >= 0.6 is 11.6 Å². The molecule has 4 aromatic rings. The Morgan fingerprint density at radius 2 is 1.91 bits per heavy atom. The average Bonchev–Trinajstić information content (AvgIpc) is 3.23. The number of aromatic nitrogens is 4. The summed E-state index contributed by atoms with van der Waals surface area (Å²) >= 11 is 6.15. The van der Waals surface area contributed by atoms with Crippen LogP contribution in [-0.2, 0) is 9.84 Å². The quantitative estimate of drug-likeness (QED) is 0.327. The van der Waals surface area contributed by atoms with E-state index in [1.807, 2.05) is 30.3 Å². The highest BCUT2D eigenvalue weighted by molar-refractivity contribution is 7.90. The SMILES string of the molecule is Cc1nnc(-c2cnc(Nc3ccc(S(C)(=O)=O)c(Cl)c3)nc2N[C@H](CO)c2ccccc2)o1. The van der Waals surface area contributed by atoms with Gasteiger partial charge in [-0.15, -0.1) is 10.2 Å². The molecule has 1 atom stereocenters. The summed E-state index contributed by atoms with van der Waals surface area (Å²) in [6, 6.07) is 13.4. The number of nitrogens with one attached hydrogen (secondary N) is 2. The fraction of sp³-hybridized carbons (Fsp3) is 0.182. The summed E-state index contributed by atoms with van der Waals surface area (Å²) in [7, 11) is -3.45. The van der Waals surface area contributed by atoms with Gasteiger partial charge in [0.15, 0.2) is 9.84 Å². The van der Waals surface area contributed by atoms with E-state index >= 15 is 0 Å². The van der Waals surface area contributed by atoms with Crippen molar-refractivity contribution in [3.8, 4) is 11.5 Å². The van der Waals surface area contributed by atoms with Crippen LogP contribution in [0.25, 0.3) is 11.5 Å². The van der Waals surface area contributed by atoms with Crippen molar-refractivity contribution in [1.29, 1.82) is 0 Å². The summed E-state index contributed by atoms with van der Waals surface area (Å²) in [6.45, 7) is 1.48. The second-order valence-corrected chi connectivity index (χ2v) is 9.81. The van der Waals surface area contributed by atoms with Crippen molar-refractivity contribution in [1.82, 2.24) is 20.2 Å². The van der Waals surface area contributed by atoms with Crippen LogP contribution in [0.5, 0.6) is 0 Å². The highest BCUT2D eigenvalue weighted by Crippen LogP contribution is 2.31. The van der Waals surface area contributed by atoms with Gasteiger partial charge < -0.3 is 20.2 Å². The number of anilines is 3. The van der Waals surface area contributed by atoms with Gasteiger partial charge in [-0.25, -0.2) is 13.4 Å². The van der Waals surface area contributed by atoms with E-state index in [0.717, 1.165) is 11.8 Å². The number of aliphatic hydroxyl groups is 1. The molecule has 2 aromatic heterocycles. The standard InChI is InChI=1S/C22H21ClN6O4S/c1-13-28-29-21(33-13)16-11-24-22(25-15-8-9-19(17(23)10-15)34(2,31)32)27-20(16)26-18(12-30)14-6-4-3-5-7-14/h3-11,18,30H,12H2,1-2H3,(H2,24,25,26,27)/t18-/m1/s1. The predicted molar refractivity (Wildman–Crippen MR) is 128 cm³/mol. The number of aryl methyl sites for hydroxylation is 1. The number of halogens is 1. The zero-order chi connectivity index (χ0) is 24.3. The Bertz CT molecular complexity index is 1410. The van der Waals surface area contributed by atoms with Crippen LogP contribution in [0.4, 0.5) is 17.5 Å². The average molecular weight is 501 g/mol. The van der Waals surface area contributed by atoms with E-state index in [4.69, 9.17) is 16.0 Å². The Balaban J connectivity index is 1.69. The number of aliphatic hydroxyl groups excluding tert-OH is 1. The number of sulfone groups is 1. The first-order valence-electron chi connectivity index (χ1n) is 10.1. The lowest BCUT2D eigenvalue weighted by molar-refractivity contribution is 0.276. The Labute approximate surface area is 201 Å². The van der Waals surface area contributed by atoms with Gasteiger partial charge in [0.25, 0.3) is 5.89 Å². The summed E-state index contributed by atoms with van der Waals surface area (Å²) in [4.78, 5) is 8.87. The Morgan fingerprint density at radius 3 is 2.53 bits per heavy atom. The minimum atomic E-state index is -3.45. The minimum Gasteiger partial charge on any atom is -0.421 e. The van der Waals surface area contributed by atoms with Gasteiger partial charge in [0.1, 0.15) is 5.82 Å². The highest BCUT2D eigenvalue weighted by atomic mass is 35.5. The number of benzene rings is 2. The van der Waals surface area contributed by atoms with Gasteiger partial charge in [0.05, 0.1) is 28.1 Å². The molecule has 0 spiro atoms. The van der Waals surface area contributed by atoms with Gasteiger partial charge in [0, 0.05) is 25.1 Å². The normalized spacial score (nSPS) is 12.4. The zero-order valence-corrected chi connectivity index (χ0v) is 19.8.